The van der Waals surface area contributed by atoms with E-state index in [-0.39, 0.29) is 0 Å². The molecule has 1 aliphatic carbocycles. The van der Waals surface area contributed by atoms with Gasteiger partial charge in [-0.2, -0.15) is 0 Å². The normalized spacial score (nSPS) is 18.7. The number of thiophene rings is 1. The lowest BCUT2D eigenvalue weighted by Gasteiger charge is -2.29. The summed E-state index contributed by atoms with van der Waals surface area (Å²) in [6, 6.07) is 0. The Bertz CT molecular complexity index is 422. The quantitative estimate of drug-likeness (QED) is 0.763. The number of fused-ring (bicyclic) bond motifs is 3. The smallest absolute Gasteiger partial charge is 0.132 e. The predicted molar refractivity (Wildman–Crippen MR) is 64.0 cm³/mol. The molecule has 2 aliphatic rings. The van der Waals surface area contributed by atoms with Crippen LogP contribution in [-0.4, -0.2) is 23.9 Å². The number of hydrogen-bond donors (Lipinski definition) is 2. The van der Waals surface area contributed by atoms with E-state index in [0.717, 1.165) is 19.0 Å². The number of anilines is 1. The first kappa shape index (κ1) is 9.21. The number of hydrogen-bond acceptors (Lipinski definition) is 3. The van der Waals surface area contributed by atoms with Crippen molar-refractivity contribution in [3.8, 4) is 0 Å². The van der Waals surface area contributed by atoms with E-state index in [0.29, 0.717) is 0 Å². The summed E-state index contributed by atoms with van der Waals surface area (Å²) in [5, 5.41) is 12.9. The monoisotopic (exact) mass is 221 g/mol. The largest absolute Gasteiger partial charge is 0.359 e. The number of aryl methyl sites for hydroxylation is 1. The first-order valence-corrected chi connectivity index (χ1v) is 6.35. The molecule has 1 aliphatic heterocycles. The summed E-state index contributed by atoms with van der Waals surface area (Å²) in [4.78, 5) is 3.60. The van der Waals surface area contributed by atoms with Gasteiger partial charge in [0.2, 0.25) is 0 Å². The van der Waals surface area contributed by atoms with Gasteiger partial charge in [-0.15, -0.1) is 11.3 Å². The van der Waals surface area contributed by atoms with Gasteiger partial charge in [0.25, 0.3) is 0 Å². The molecule has 0 unspecified atom stereocenters. The molecule has 0 radical (unpaired) electrons. The van der Waals surface area contributed by atoms with Crippen LogP contribution in [0.3, 0.4) is 0 Å². The predicted octanol–water partition coefficient (Wildman–Crippen LogP) is 2.27. The van der Waals surface area contributed by atoms with Gasteiger partial charge in [-0.05, 0) is 31.7 Å². The summed E-state index contributed by atoms with van der Waals surface area (Å²) < 4.78 is 0. The molecule has 0 saturated carbocycles. The van der Waals surface area contributed by atoms with E-state index in [1.807, 2.05) is 11.3 Å². The molecule has 0 bridgehead atoms. The molecule has 1 aromatic heterocycles. The van der Waals surface area contributed by atoms with Gasteiger partial charge in [0.1, 0.15) is 10.8 Å². The van der Waals surface area contributed by atoms with Gasteiger partial charge in [-0.3, -0.25) is 5.41 Å². The molecule has 0 spiro atoms. The van der Waals surface area contributed by atoms with Crippen LogP contribution in [0.25, 0.3) is 0 Å². The maximum absolute atomic E-state index is 8.21. The lowest BCUT2D eigenvalue weighted by molar-refractivity contribution is 0.464. The number of nitrogens with one attached hydrogen (secondary N) is 2. The Balaban J connectivity index is 2.09. The Hall–Kier alpha value is -1.03. The summed E-state index contributed by atoms with van der Waals surface area (Å²) in [5.41, 5.74) is 2.64. The highest BCUT2D eigenvalue weighted by Gasteiger charge is 2.29. The Labute approximate surface area is 93.6 Å². The van der Waals surface area contributed by atoms with E-state index in [2.05, 4.69) is 17.1 Å². The van der Waals surface area contributed by atoms with Crippen LogP contribution in [0.15, 0.2) is 0 Å². The summed E-state index contributed by atoms with van der Waals surface area (Å²) >= 11 is 1.86. The van der Waals surface area contributed by atoms with Gasteiger partial charge in [0, 0.05) is 11.4 Å². The molecule has 15 heavy (non-hydrogen) atoms. The van der Waals surface area contributed by atoms with Gasteiger partial charge in [-0.1, -0.05) is 0 Å². The van der Waals surface area contributed by atoms with Gasteiger partial charge >= 0.3 is 0 Å². The zero-order valence-corrected chi connectivity index (χ0v) is 9.71. The van der Waals surface area contributed by atoms with Crippen LogP contribution in [0.5, 0.6) is 0 Å². The van der Waals surface area contributed by atoms with Crippen molar-refractivity contribution in [2.45, 2.75) is 26.2 Å². The zero-order valence-electron chi connectivity index (χ0n) is 8.89. The summed E-state index contributed by atoms with van der Waals surface area (Å²) in [5.74, 6) is 0.727. The molecular formula is C11H15N3S. The summed E-state index contributed by atoms with van der Waals surface area (Å²) in [6.07, 6.45) is 3.66. The Kier molecular flexibility index (Phi) is 1.99. The van der Waals surface area contributed by atoms with Crippen molar-refractivity contribution in [3.63, 3.8) is 0 Å². The van der Waals surface area contributed by atoms with Crippen molar-refractivity contribution in [1.29, 1.82) is 5.41 Å². The van der Waals surface area contributed by atoms with Crippen molar-refractivity contribution in [2.24, 2.45) is 0 Å². The highest BCUT2D eigenvalue weighted by atomic mass is 32.1. The minimum Gasteiger partial charge on any atom is -0.359 e. The molecule has 0 atom stereocenters. The van der Waals surface area contributed by atoms with Crippen molar-refractivity contribution >= 4 is 22.2 Å². The molecule has 4 heteroatoms. The van der Waals surface area contributed by atoms with Gasteiger partial charge < -0.3 is 10.2 Å². The molecule has 0 fully saturated rings. The molecule has 3 rings (SSSR count). The first-order chi connectivity index (χ1) is 7.31. The van der Waals surface area contributed by atoms with Crippen LogP contribution in [0.1, 0.15) is 29.3 Å². The highest BCUT2D eigenvalue weighted by Crippen LogP contribution is 2.40. The fraction of sp³-hybridized carbons (Fsp3) is 0.545. The van der Waals surface area contributed by atoms with Gasteiger partial charge in [-0.25, -0.2) is 0 Å². The average Bonchev–Trinajstić information content (AvgIpc) is 2.77. The Morgan fingerprint density at radius 3 is 3.13 bits per heavy atom. The molecule has 3 nitrogen and oxygen atoms in total. The van der Waals surface area contributed by atoms with Crippen molar-refractivity contribution in [2.75, 3.05) is 18.5 Å². The van der Waals surface area contributed by atoms with Crippen molar-refractivity contribution in [3.05, 3.63) is 16.0 Å². The molecule has 1 aromatic rings. The molecule has 0 saturated heterocycles. The van der Waals surface area contributed by atoms with Crippen LogP contribution >= 0.6 is 11.3 Å². The second kappa shape index (κ2) is 3.23. The Morgan fingerprint density at radius 1 is 1.47 bits per heavy atom. The first-order valence-electron chi connectivity index (χ1n) is 5.53. The Morgan fingerprint density at radius 2 is 2.33 bits per heavy atom. The van der Waals surface area contributed by atoms with E-state index < -0.39 is 0 Å². The van der Waals surface area contributed by atoms with Gasteiger partial charge in [0.05, 0.1) is 12.2 Å². The van der Waals surface area contributed by atoms with Crippen LogP contribution in [0, 0.1) is 5.41 Å². The zero-order chi connectivity index (χ0) is 10.4. The third kappa shape index (κ3) is 1.21. The maximum atomic E-state index is 8.21. The van der Waals surface area contributed by atoms with E-state index in [4.69, 9.17) is 5.41 Å². The van der Waals surface area contributed by atoms with Crippen LogP contribution in [0.2, 0.25) is 0 Å². The fourth-order valence-corrected chi connectivity index (χ4v) is 3.73. The van der Waals surface area contributed by atoms with E-state index in [1.165, 1.54) is 40.3 Å². The molecule has 2 N–H and O–H groups in total. The van der Waals surface area contributed by atoms with E-state index in [1.54, 1.807) is 0 Å². The molecular weight excluding hydrogens is 206 g/mol. The third-order valence-electron chi connectivity index (χ3n) is 3.29. The minimum atomic E-state index is 0.727. The van der Waals surface area contributed by atoms with Gasteiger partial charge in [0.15, 0.2) is 0 Å². The fourth-order valence-electron chi connectivity index (χ4n) is 2.45. The van der Waals surface area contributed by atoms with E-state index >= 15 is 0 Å². The number of nitrogens with zero attached hydrogens (tertiary/aromatic N) is 1. The minimum absolute atomic E-state index is 0.727. The van der Waals surface area contributed by atoms with Crippen LogP contribution in [-0.2, 0) is 12.8 Å². The van der Waals surface area contributed by atoms with Crippen molar-refractivity contribution < 1.29 is 0 Å². The third-order valence-corrected chi connectivity index (χ3v) is 4.54. The average molecular weight is 221 g/mol. The van der Waals surface area contributed by atoms with Crippen LogP contribution < -0.4 is 5.32 Å². The van der Waals surface area contributed by atoms with Crippen LogP contribution in [0.4, 0.5) is 5.00 Å². The molecule has 0 aromatic carbocycles. The highest BCUT2D eigenvalue weighted by molar-refractivity contribution is 7.16. The molecule has 2 heterocycles. The lowest BCUT2D eigenvalue weighted by atomic mass is 10.1. The second-order valence-corrected chi connectivity index (χ2v) is 5.21. The van der Waals surface area contributed by atoms with Crippen molar-refractivity contribution in [1.82, 2.24) is 4.90 Å². The number of rotatable bonds is 1. The maximum Gasteiger partial charge on any atom is 0.132 e. The van der Waals surface area contributed by atoms with E-state index in [9.17, 15) is 0 Å². The second-order valence-electron chi connectivity index (χ2n) is 4.10. The lowest BCUT2D eigenvalue weighted by Crippen LogP contribution is -2.39. The SMILES string of the molecule is CCN1CNc2sc3c(c2C1=N)CCC3. The summed E-state index contributed by atoms with van der Waals surface area (Å²) in [6.45, 7) is 3.81. The standard InChI is InChI=1S/C11H15N3S/c1-2-14-6-13-11-9(10(14)12)7-4-3-5-8(7)15-11/h12-13H,2-6H2,1H3. The molecule has 0 amide bonds. The number of amidine groups is 1. The topological polar surface area (TPSA) is 39.1 Å². The molecule has 80 valence electrons. The summed E-state index contributed by atoms with van der Waals surface area (Å²) in [7, 11) is 0.